The highest BCUT2D eigenvalue weighted by Crippen LogP contribution is 2.32. The molecule has 0 bridgehead atoms. The molecular formula is C18H20N2. The van der Waals surface area contributed by atoms with E-state index in [0.717, 1.165) is 12.8 Å². The van der Waals surface area contributed by atoms with E-state index in [-0.39, 0.29) is 12.1 Å². The SMILES string of the molecule is c1ccc([C@@H]2CCCC[C@H](c3ccccc3)N=N2)cc1. The standard InChI is InChI=1S/C18H20N2/c1-3-9-15(10-4-1)17-13-7-8-14-18(20-19-17)16-11-5-2-6-12-16/h1-6,9-12,17-18H,7-8,13-14H2/t17-,18+. The fourth-order valence-electron chi connectivity index (χ4n) is 2.77. The van der Waals surface area contributed by atoms with Gasteiger partial charge in [0.15, 0.2) is 0 Å². The van der Waals surface area contributed by atoms with Gasteiger partial charge in [-0.3, -0.25) is 0 Å². The van der Waals surface area contributed by atoms with E-state index in [1.165, 1.54) is 24.0 Å². The first-order chi connectivity index (χ1) is 9.93. The first kappa shape index (κ1) is 13.0. The second-order valence-corrected chi connectivity index (χ2v) is 5.37. The third-order valence-electron chi connectivity index (χ3n) is 3.92. The molecule has 0 N–H and O–H groups in total. The minimum atomic E-state index is 0.225. The molecule has 0 amide bonds. The minimum Gasteiger partial charge on any atom is -0.185 e. The maximum absolute atomic E-state index is 4.64. The summed E-state index contributed by atoms with van der Waals surface area (Å²) in [7, 11) is 0. The van der Waals surface area contributed by atoms with Crippen molar-refractivity contribution < 1.29 is 0 Å². The number of benzene rings is 2. The summed E-state index contributed by atoms with van der Waals surface area (Å²) in [6.45, 7) is 0. The third kappa shape index (κ3) is 3.13. The molecule has 0 saturated heterocycles. The number of nitrogens with zero attached hydrogens (tertiary/aromatic N) is 2. The Kier molecular flexibility index (Phi) is 4.22. The Morgan fingerprint density at radius 2 is 1.00 bits per heavy atom. The van der Waals surface area contributed by atoms with E-state index in [0.29, 0.717) is 0 Å². The van der Waals surface area contributed by atoms with Crippen LogP contribution in [0, 0.1) is 0 Å². The predicted octanol–water partition coefficient (Wildman–Crippen LogP) is 5.50. The van der Waals surface area contributed by atoms with E-state index in [2.05, 4.69) is 70.9 Å². The van der Waals surface area contributed by atoms with Crippen LogP contribution < -0.4 is 0 Å². The van der Waals surface area contributed by atoms with E-state index in [1.54, 1.807) is 0 Å². The van der Waals surface area contributed by atoms with Gasteiger partial charge >= 0.3 is 0 Å². The van der Waals surface area contributed by atoms with Crippen LogP contribution in [0.2, 0.25) is 0 Å². The average Bonchev–Trinajstić information content (AvgIpc) is 2.49. The van der Waals surface area contributed by atoms with Gasteiger partial charge in [0, 0.05) is 0 Å². The zero-order valence-electron chi connectivity index (χ0n) is 11.7. The Labute approximate surface area is 120 Å². The summed E-state index contributed by atoms with van der Waals surface area (Å²) >= 11 is 0. The monoisotopic (exact) mass is 264 g/mol. The molecule has 0 aromatic heterocycles. The number of hydrogen-bond donors (Lipinski definition) is 0. The van der Waals surface area contributed by atoms with Crippen molar-refractivity contribution in [1.29, 1.82) is 0 Å². The van der Waals surface area contributed by atoms with Gasteiger partial charge in [-0.15, -0.1) is 0 Å². The van der Waals surface area contributed by atoms with Crippen molar-refractivity contribution in [3.05, 3.63) is 71.8 Å². The van der Waals surface area contributed by atoms with E-state index in [9.17, 15) is 0 Å². The van der Waals surface area contributed by atoms with Gasteiger partial charge in [-0.1, -0.05) is 73.5 Å². The number of hydrogen-bond acceptors (Lipinski definition) is 2. The van der Waals surface area contributed by atoms with Gasteiger partial charge in [-0.25, -0.2) is 0 Å². The molecule has 0 saturated carbocycles. The highest BCUT2D eigenvalue weighted by Gasteiger charge is 2.16. The van der Waals surface area contributed by atoms with E-state index in [1.807, 2.05) is 0 Å². The Morgan fingerprint density at radius 3 is 1.40 bits per heavy atom. The molecule has 3 rings (SSSR count). The van der Waals surface area contributed by atoms with E-state index < -0.39 is 0 Å². The molecule has 0 fully saturated rings. The van der Waals surface area contributed by atoms with Crippen LogP contribution in [0.1, 0.15) is 48.9 Å². The first-order valence-electron chi connectivity index (χ1n) is 7.43. The lowest BCUT2D eigenvalue weighted by Crippen LogP contribution is -2.02. The molecule has 2 nitrogen and oxygen atoms in total. The molecule has 0 unspecified atom stereocenters. The number of rotatable bonds is 2. The van der Waals surface area contributed by atoms with Crippen molar-refractivity contribution >= 4 is 0 Å². The van der Waals surface area contributed by atoms with E-state index >= 15 is 0 Å². The molecule has 0 spiro atoms. The largest absolute Gasteiger partial charge is 0.185 e. The van der Waals surface area contributed by atoms with Gasteiger partial charge in [0.2, 0.25) is 0 Å². The summed E-state index contributed by atoms with van der Waals surface area (Å²) in [6.07, 6.45) is 4.66. The fourth-order valence-corrected chi connectivity index (χ4v) is 2.77. The van der Waals surface area contributed by atoms with Gasteiger partial charge in [0.25, 0.3) is 0 Å². The Hall–Kier alpha value is -1.96. The maximum Gasteiger partial charge on any atom is 0.0957 e. The maximum atomic E-state index is 4.64. The Balaban J connectivity index is 1.81. The van der Waals surface area contributed by atoms with Crippen molar-refractivity contribution in [2.45, 2.75) is 37.8 Å². The van der Waals surface area contributed by atoms with Crippen LogP contribution in [-0.2, 0) is 0 Å². The third-order valence-corrected chi connectivity index (χ3v) is 3.92. The molecule has 1 aliphatic heterocycles. The molecular weight excluding hydrogens is 244 g/mol. The molecule has 2 aromatic rings. The van der Waals surface area contributed by atoms with Gasteiger partial charge < -0.3 is 0 Å². The highest BCUT2D eigenvalue weighted by atomic mass is 15.1. The predicted molar refractivity (Wildman–Crippen MR) is 81.7 cm³/mol. The van der Waals surface area contributed by atoms with Gasteiger partial charge in [-0.2, -0.15) is 10.2 Å². The molecule has 102 valence electrons. The molecule has 20 heavy (non-hydrogen) atoms. The van der Waals surface area contributed by atoms with Crippen LogP contribution in [-0.4, -0.2) is 0 Å². The quantitative estimate of drug-likeness (QED) is 0.684. The molecule has 2 atom stereocenters. The van der Waals surface area contributed by atoms with Gasteiger partial charge in [-0.05, 0) is 24.0 Å². The molecule has 0 radical (unpaired) electrons. The van der Waals surface area contributed by atoms with Crippen molar-refractivity contribution in [2.75, 3.05) is 0 Å². The van der Waals surface area contributed by atoms with Crippen LogP contribution in [0.25, 0.3) is 0 Å². The Morgan fingerprint density at radius 1 is 0.600 bits per heavy atom. The smallest absolute Gasteiger partial charge is 0.0957 e. The lowest BCUT2D eigenvalue weighted by Gasteiger charge is -2.18. The second-order valence-electron chi connectivity index (χ2n) is 5.37. The first-order valence-corrected chi connectivity index (χ1v) is 7.43. The normalized spacial score (nSPS) is 23.0. The summed E-state index contributed by atoms with van der Waals surface area (Å²) in [5.41, 5.74) is 2.56. The molecule has 1 heterocycles. The van der Waals surface area contributed by atoms with Crippen LogP contribution in [0.5, 0.6) is 0 Å². The van der Waals surface area contributed by atoms with Crippen molar-refractivity contribution in [3.63, 3.8) is 0 Å². The van der Waals surface area contributed by atoms with Gasteiger partial charge in [0.1, 0.15) is 0 Å². The fraction of sp³-hybridized carbons (Fsp3) is 0.333. The van der Waals surface area contributed by atoms with Crippen LogP contribution >= 0.6 is 0 Å². The highest BCUT2D eigenvalue weighted by molar-refractivity contribution is 5.20. The Bertz CT molecular complexity index is 497. The van der Waals surface area contributed by atoms with Crippen LogP contribution in [0.3, 0.4) is 0 Å². The zero-order valence-corrected chi connectivity index (χ0v) is 11.7. The van der Waals surface area contributed by atoms with Crippen LogP contribution in [0.4, 0.5) is 0 Å². The van der Waals surface area contributed by atoms with Crippen molar-refractivity contribution in [2.24, 2.45) is 10.2 Å². The lowest BCUT2D eigenvalue weighted by atomic mass is 9.96. The summed E-state index contributed by atoms with van der Waals surface area (Å²) in [5, 5.41) is 9.27. The second kappa shape index (κ2) is 6.47. The zero-order chi connectivity index (χ0) is 13.6. The molecule has 1 aliphatic rings. The molecule has 0 aliphatic carbocycles. The lowest BCUT2D eigenvalue weighted by molar-refractivity contribution is 0.465. The van der Waals surface area contributed by atoms with Gasteiger partial charge in [0.05, 0.1) is 12.1 Å². The van der Waals surface area contributed by atoms with E-state index in [4.69, 9.17) is 0 Å². The summed E-state index contributed by atoms with van der Waals surface area (Å²) in [5.74, 6) is 0. The van der Waals surface area contributed by atoms with Crippen molar-refractivity contribution in [1.82, 2.24) is 0 Å². The summed E-state index contributed by atoms with van der Waals surface area (Å²) in [6, 6.07) is 21.5. The summed E-state index contributed by atoms with van der Waals surface area (Å²) < 4.78 is 0. The number of azo groups is 1. The topological polar surface area (TPSA) is 24.7 Å². The van der Waals surface area contributed by atoms with Crippen LogP contribution in [0.15, 0.2) is 70.9 Å². The molecule has 2 heteroatoms. The summed E-state index contributed by atoms with van der Waals surface area (Å²) in [4.78, 5) is 0. The minimum absolute atomic E-state index is 0.225. The average molecular weight is 264 g/mol. The molecule has 2 aromatic carbocycles. The van der Waals surface area contributed by atoms with Crippen molar-refractivity contribution in [3.8, 4) is 0 Å².